The Morgan fingerprint density at radius 3 is 1.95 bits per heavy atom. The van der Waals surface area contributed by atoms with Crippen LogP contribution in [0.2, 0.25) is 0 Å². The molecular formula is C19H23NO. The molecule has 1 amide bonds. The number of benzene rings is 2. The zero-order valence-corrected chi connectivity index (χ0v) is 13.0. The Labute approximate surface area is 127 Å². The van der Waals surface area contributed by atoms with Crippen LogP contribution in [0.5, 0.6) is 0 Å². The second-order valence-electron chi connectivity index (χ2n) is 5.69. The fourth-order valence-corrected chi connectivity index (χ4v) is 2.43. The number of hydrogen-bond acceptors (Lipinski definition) is 1. The predicted octanol–water partition coefficient (Wildman–Crippen LogP) is 4.43. The van der Waals surface area contributed by atoms with E-state index in [0.29, 0.717) is 6.54 Å². The van der Waals surface area contributed by atoms with Gasteiger partial charge in [0.2, 0.25) is 5.91 Å². The van der Waals surface area contributed by atoms with Crippen molar-refractivity contribution in [1.82, 2.24) is 4.90 Å². The average molecular weight is 281 g/mol. The quantitative estimate of drug-likeness (QED) is 0.793. The summed E-state index contributed by atoms with van der Waals surface area (Å²) in [6, 6.07) is 20.4. The van der Waals surface area contributed by atoms with E-state index in [1.807, 2.05) is 55.1 Å². The highest BCUT2D eigenvalue weighted by Gasteiger charge is 2.23. The van der Waals surface area contributed by atoms with Gasteiger partial charge in [0, 0.05) is 12.5 Å². The van der Waals surface area contributed by atoms with E-state index in [1.165, 1.54) is 5.56 Å². The summed E-state index contributed by atoms with van der Waals surface area (Å²) < 4.78 is 0. The molecule has 1 atom stereocenters. The first-order valence-electron chi connectivity index (χ1n) is 7.49. The minimum Gasteiger partial charge on any atom is -0.331 e. The predicted molar refractivity (Wildman–Crippen MR) is 86.7 cm³/mol. The van der Waals surface area contributed by atoms with Crippen molar-refractivity contribution in [1.29, 1.82) is 0 Å². The van der Waals surface area contributed by atoms with Gasteiger partial charge in [-0.15, -0.1) is 0 Å². The highest BCUT2D eigenvalue weighted by atomic mass is 16.2. The molecule has 2 rings (SSSR count). The molecule has 110 valence electrons. The van der Waals surface area contributed by atoms with Crippen molar-refractivity contribution in [3.05, 3.63) is 71.8 Å². The maximum absolute atomic E-state index is 12.6. The third-order valence-electron chi connectivity index (χ3n) is 3.72. The Morgan fingerprint density at radius 1 is 0.905 bits per heavy atom. The SMILES string of the molecule is CC(C)C(=O)N(Cc1ccccc1)[C@@H](C)c1ccccc1. The molecule has 21 heavy (non-hydrogen) atoms. The molecule has 2 heteroatoms. The van der Waals surface area contributed by atoms with Crippen molar-refractivity contribution >= 4 is 5.91 Å². The van der Waals surface area contributed by atoms with Crippen LogP contribution in [0, 0.1) is 5.92 Å². The van der Waals surface area contributed by atoms with Crippen molar-refractivity contribution in [3.8, 4) is 0 Å². The van der Waals surface area contributed by atoms with Crippen LogP contribution in [-0.4, -0.2) is 10.8 Å². The first-order valence-corrected chi connectivity index (χ1v) is 7.49. The number of nitrogens with zero attached hydrogens (tertiary/aromatic N) is 1. The first-order chi connectivity index (χ1) is 10.1. The second kappa shape index (κ2) is 7.07. The van der Waals surface area contributed by atoms with Gasteiger partial charge in [-0.3, -0.25) is 4.79 Å². The fourth-order valence-electron chi connectivity index (χ4n) is 2.43. The van der Waals surface area contributed by atoms with Gasteiger partial charge in [-0.1, -0.05) is 74.5 Å². The minimum atomic E-state index is -0.000116. The van der Waals surface area contributed by atoms with Crippen LogP contribution < -0.4 is 0 Å². The molecule has 2 aromatic carbocycles. The van der Waals surface area contributed by atoms with E-state index in [-0.39, 0.29) is 17.9 Å². The van der Waals surface area contributed by atoms with Crippen LogP contribution in [0.25, 0.3) is 0 Å². The second-order valence-corrected chi connectivity index (χ2v) is 5.69. The van der Waals surface area contributed by atoms with Crippen LogP contribution in [0.3, 0.4) is 0 Å². The van der Waals surface area contributed by atoms with Crippen molar-refractivity contribution in [2.24, 2.45) is 5.92 Å². The first kappa shape index (κ1) is 15.3. The average Bonchev–Trinajstić information content (AvgIpc) is 2.53. The summed E-state index contributed by atoms with van der Waals surface area (Å²) in [4.78, 5) is 14.6. The summed E-state index contributed by atoms with van der Waals surface area (Å²) in [5, 5.41) is 0. The van der Waals surface area contributed by atoms with E-state index >= 15 is 0 Å². The van der Waals surface area contributed by atoms with Crippen molar-refractivity contribution < 1.29 is 4.79 Å². The normalized spacial score (nSPS) is 12.2. The van der Waals surface area contributed by atoms with Gasteiger partial charge in [-0.05, 0) is 18.1 Å². The molecule has 0 N–H and O–H groups in total. The van der Waals surface area contributed by atoms with Crippen LogP contribution >= 0.6 is 0 Å². The zero-order valence-electron chi connectivity index (χ0n) is 13.0. The smallest absolute Gasteiger partial charge is 0.225 e. The molecule has 0 aliphatic rings. The third-order valence-corrected chi connectivity index (χ3v) is 3.72. The molecular weight excluding hydrogens is 258 g/mol. The standard InChI is InChI=1S/C19H23NO/c1-15(2)19(21)20(14-17-10-6-4-7-11-17)16(3)18-12-8-5-9-13-18/h4-13,15-16H,14H2,1-3H3/t16-/m0/s1. The summed E-state index contributed by atoms with van der Waals surface area (Å²) in [7, 11) is 0. The largest absolute Gasteiger partial charge is 0.331 e. The molecule has 0 saturated heterocycles. The van der Waals surface area contributed by atoms with Gasteiger partial charge in [0.05, 0.1) is 6.04 Å². The molecule has 0 unspecified atom stereocenters. The lowest BCUT2D eigenvalue weighted by atomic mass is 10.0. The number of rotatable bonds is 5. The fraction of sp³-hybridized carbons (Fsp3) is 0.316. The number of carbonyl (C=O) groups is 1. The Morgan fingerprint density at radius 2 is 1.43 bits per heavy atom. The summed E-state index contributed by atoms with van der Waals surface area (Å²) in [5.74, 6) is 0.190. The van der Waals surface area contributed by atoms with Crippen LogP contribution in [-0.2, 0) is 11.3 Å². The van der Waals surface area contributed by atoms with Crippen LogP contribution in [0.15, 0.2) is 60.7 Å². The van der Waals surface area contributed by atoms with Crippen molar-refractivity contribution in [2.75, 3.05) is 0 Å². The molecule has 2 nitrogen and oxygen atoms in total. The molecule has 0 bridgehead atoms. The van der Waals surface area contributed by atoms with Gasteiger partial charge in [-0.25, -0.2) is 0 Å². The zero-order chi connectivity index (χ0) is 15.2. The van der Waals surface area contributed by atoms with E-state index in [0.717, 1.165) is 5.56 Å². The molecule has 0 aliphatic heterocycles. The van der Waals surface area contributed by atoms with Crippen molar-refractivity contribution in [2.45, 2.75) is 33.4 Å². The summed E-state index contributed by atoms with van der Waals surface area (Å²) >= 11 is 0. The lowest BCUT2D eigenvalue weighted by Crippen LogP contribution is -2.36. The van der Waals surface area contributed by atoms with E-state index in [9.17, 15) is 4.79 Å². The molecule has 0 saturated carbocycles. The topological polar surface area (TPSA) is 20.3 Å². The highest BCUT2D eigenvalue weighted by Crippen LogP contribution is 2.24. The number of carbonyl (C=O) groups excluding carboxylic acids is 1. The maximum Gasteiger partial charge on any atom is 0.225 e. The lowest BCUT2D eigenvalue weighted by Gasteiger charge is -2.31. The summed E-state index contributed by atoms with van der Waals surface area (Å²) in [6.45, 7) is 6.66. The van der Waals surface area contributed by atoms with E-state index in [1.54, 1.807) is 0 Å². The van der Waals surface area contributed by atoms with Gasteiger partial charge in [0.15, 0.2) is 0 Å². The minimum absolute atomic E-state index is 0.000116. The molecule has 0 heterocycles. The summed E-state index contributed by atoms with van der Waals surface area (Å²) in [6.07, 6.45) is 0. The molecule has 0 fully saturated rings. The Bertz CT molecular complexity index is 563. The highest BCUT2D eigenvalue weighted by molar-refractivity contribution is 5.78. The van der Waals surface area contributed by atoms with E-state index in [2.05, 4.69) is 31.2 Å². The molecule has 0 aromatic heterocycles. The van der Waals surface area contributed by atoms with Gasteiger partial charge in [-0.2, -0.15) is 0 Å². The monoisotopic (exact) mass is 281 g/mol. The Kier molecular flexibility index (Phi) is 5.15. The molecule has 0 spiro atoms. The number of hydrogen-bond donors (Lipinski definition) is 0. The molecule has 0 aliphatic carbocycles. The maximum atomic E-state index is 12.6. The molecule has 0 radical (unpaired) electrons. The molecule has 2 aromatic rings. The van der Waals surface area contributed by atoms with Gasteiger partial charge in [0.25, 0.3) is 0 Å². The van der Waals surface area contributed by atoms with Gasteiger partial charge in [0.1, 0.15) is 0 Å². The summed E-state index contributed by atoms with van der Waals surface area (Å²) in [5.41, 5.74) is 2.33. The Balaban J connectivity index is 2.26. The van der Waals surface area contributed by atoms with Crippen LogP contribution in [0.1, 0.15) is 37.9 Å². The van der Waals surface area contributed by atoms with E-state index < -0.39 is 0 Å². The third kappa shape index (κ3) is 3.94. The van der Waals surface area contributed by atoms with Crippen molar-refractivity contribution in [3.63, 3.8) is 0 Å². The number of amides is 1. The Hall–Kier alpha value is -2.09. The van der Waals surface area contributed by atoms with Gasteiger partial charge >= 0.3 is 0 Å². The van der Waals surface area contributed by atoms with Crippen LogP contribution in [0.4, 0.5) is 0 Å². The van der Waals surface area contributed by atoms with E-state index in [4.69, 9.17) is 0 Å². The van der Waals surface area contributed by atoms with Gasteiger partial charge < -0.3 is 4.90 Å². The lowest BCUT2D eigenvalue weighted by molar-refractivity contribution is -0.137.